The van der Waals surface area contributed by atoms with Gasteiger partial charge in [0, 0.05) is 38.7 Å². The zero-order valence-electron chi connectivity index (χ0n) is 20.5. The quantitative estimate of drug-likeness (QED) is 0.342. The van der Waals surface area contributed by atoms with Gasteiger partial charge in [0.1, 0.15) is 28.6 Å². The lowest BCUT2D eigenvalue weighted by Crippen LogP contribution is -2.33. The molecule has 1 heterocycles. The number of amides is 2. The van der Waals surface area contributed by atoms with E-state index in [9.17, 15) is 14.0 Å². The fourth-order valence-electron chi connectivity index (χ4n) is 3.79. The van der Waals surface area contributed by atoms with Crippen molar-refractivity contribution in [1.29, 1.82) is 0 Å². The van der Waals surface area contributed by atoms with Crippen LogP contribution in [0.15, 0.2) is 65.1 Å². The van der Waals surface area contributed by atoms with Gasteiger partial charge in [-0.1, -0.05) is 0 Å². The summed E-state index contributed by atoms with van der Waals surface area (Å²) >= 11 is 0. The summed E-state index contributed by atoms with van der Waals surface area (Å²) in [5.41, 5.74) is 7.15. The third-order valence-corrected chi connectivity index (χ3v) is 5.53. The molecule has 4 aromatic rings. The molecule has 0 unspecified atom stereocenters. The molecule has 0 saturated carbocycles. The minimum Gasteiger partial charge on any atom is -0.495 e. The number of nitrogens with zero attached hydrogens (tertiary/aromatic N) is 1. The highest BCUT2D eigenvalue weighted by atomic mass is 19.1. The second-order valence-corrected chi connectivity index (χ2v) is 7.96. The summed E-state index contributed by atoms with van der Waals surface area (Å²) in [6, 6.07) is 15.9. The van der Waals surface area contributed by atoms with Crippen molar-refractivity contribution >= 4 is 28.7 Å². The first-order chi connectivity index (χ1) is 17.8. The van der Waals surface area contributed by atoms with Crippen LogP contribution in [0.4, 0.5) is 14.9 Å². The third kappa shape index (κ3) is 5.49. The Balaban J connectivity index is 1.78. The Labute approximate surface area is 212 Å². The highest BCUT2D eigenvalue weighted by Crippen LogP contribution is 2.45. The van der Waals surface area contributed by atoms with Gasteiger partial charge >= 0.3 is 6.09 Å². The molecule has 0 aliphatic heterocycles. The molecule has 0 spiro atoms. The first kappa shape index (κ1) is 25.5. The largest absolute Gasteiger partial charge is 0.495 e. The van der Waals surface area contributed by atoms with Crippen LogP contribution in [-0.4, -0.2) is 39.2 Å². The van der Waals surface area contributed by atoms with Crippen LogP contribution in [0.3, 0.4) is 0 Å². The molecule has 0 aliphatic rings. The number of carbonyl (C=O) groups excluding carboxylic acids is 2. The predicted molar refractivity (Wildman–Crippen MR) is 137 cm³/mol. The number of halogens is 1. The highest BCUT2D eigenvalue weighted by molar-refractivity contribution is 6.00. The van der Waals surface area contributed by atoms with Crippen LogP contribution in [0.5, 0.6) is 23.0 Å². The zero-order chi connectivity index (χ0) is 26.5. The maximum atomic E-state index is 13.2. The summed E-state index contributed by atoms with van der Waals surface area (Å²) in [5, 5.41) is 2.90. The Morgan fingerprint density at radius 2 is 1.70 bits per heavy atom. The molecule has 0 radical (unpaired) electrons. The fourth-order valence-corrected chi connectivity index (χ4v) is 3.79. The number of fused-ring (bicyclic) bond motifs is 1. The Hall–Kier alpha value is -4.57. The van der Waals surface area contributed by atoms with E-state index in [-0.39, 0.29) is 30.6 Å². The van der Waals surface area contributed by atoms with E-state index in [4.69, 9.17) is 24.4 Å². The summed E-state index contributed by atoms with van der Waals surface area (Å²) in [6.45, 7) is 1.96. The van der Waals surface area contributed by atoms with Gasteiger partial charge in [0.25, 0.3) is 0 Å². The topological polar surface area (TPSA) is 116 Å². The van der Waals surface area contributed by atoms with Crippen LogP contribution in [0.2, 0.25) is 0 Å². The summed E-state index contributed by atoms with van der Waals surface area (Å²) in [6.07, 6.45) is -0.684. The Morgan fingerprint density at radius 1 is 1.05 bits per heavy atom. The van der Waals surface area contributed by atoms with E-state index in [1.54, 1.807) is 36.4 Å². The van der Waals surface area contributed by atoms with Crippen molar-refractivity contribution in [3.8, 4) is 34.3 Å². The van der Waals surface area contributed by atoms with Crippen molar-refractivity contribution in [2.75, 3.05) is 32.1 Å². The van der Waals surface area contributed by atoms with Crippen LogP contribution >= 0.6 is 0 Å². The summed E-state index contributed by atoms with van der Waals surface area (Å²) in [7, 11) is 2.92. The van der Waals surface area contributed by atoms with Crippen molar-refractivity contribution in [2.24, 2.45) is 5.73 Å². The normalized spacial score (nSPS) is 10.7. The number of hydrogen-bond acceptors (Lipinski definition) is 7. The van der Waals surface area contributed by atoms with Gasteiger partial charge in [-0.2, -0.15) is 0 Å². The number of carbonyl (C=O) groups is 2. The van der Waals surface area contributed by atoms with Gasteiger partial charge in [0.15, 0.2) is 11.5 Å². The molecule has 0 atom stereocenters. The van der Waals surface area contributed by atoms with Gasteiger partial charge in [-0.05, 0) is 54.6 Å². The minimum atomic E-state index is -0.684. The van der Waals surface area contributed by atoms with Crippen molar-refractivity contribution in [1.82, 2.24) is 5.32 Å². The standard InChI is InChI=1S/C27H26FN3O6/c1-16(32)31(13-12-29)22-15-23-21(14-24(22)34-3)26(37-27(33)30-2)25(36-23)17-4-8-19(9-5-17)35-20-10-6-18(28)7-11-20/h4-11,14-15H,12-13,29H2,1-3H3,(H,30,33). The van der Waals surface area contributed by atoms with Crippen LogP contribution in [-0.2, 0) is 4.79 Å². The average Bonchev–Trinajstić information content (AvgIpc) is 3.24. The molecule has 1 aromatic heterocycles. The fraction of sp³-hybridized carbons (Fsp3) is 0.185. The maximum Gasteiger partial charge on any atom is 0.412 e. The second kappa shape index (κ2) is 11.0. The maximum absolute atomic E-state index is 13.2. The van der Waals surface area contributed by atoms with Crippen LogP contribution in [0.25, 0.3) is 22.3 Å². The zero-order valence-corrected chi connectivity index (χ0v) is 20.5. The first-order valence-electron chi connectivity index (χ1n) is 11.4. The summed E-state index contributed by atoms with van der Waals surface area (Å²) in [4.78, 5) is 25.9. The van der Waals surface area contributed by atoms with E-state index >= 15 is 0 Å². The molecule has 9 nitrogen and oxygen atoms in total. The molecule has 10 heteroatoms. The Bertz CT molecular complexity index is 1420. The van der Waals surface area contributed by atoms with Gasteiger partial charge in [0.05, 0.1) is 18.2 Å². The lowest BCUT2D eigenvalue weighted by Gasteiger charge is -2.22. The van der Waals surface area contributed by atoms with Gasteiger partial charge in [-0.25, -0.2) is 9.18 Å². The first-order valence-corrected chi connectivity index (χ1v) is 11.4. The Morgan fingerprint density at radius 3 is 2.27 bits per heavy atom. The molecule has 4 rings (SSSR count). The van der Waals surface area contributed by atoms with Crippen LogP contribution in [0.1, 0.15) is 6.92 Å². The van der Waals surface area contributed by atoms with Crippen LogP contribution < -0.4 is 30.2 Å². The van der Waals surface area contributed by atoms with E-state index in [0.717, 1.165) is 0 Å². The minimum absolute atomic E-state index is 0.180. The molecule has 2 amide bonds. The predicted octanol–water partition coefficient (Wildman–Crippen LogP) is 5.07. The molecular formula is C27H26FN3O6. The molecule has 3 N–H and O–H groups in total. The van der Waals surface area contributed by atoms with Gasteiger partial charge < -0.3 is 34.6 Å². The smallest absolute Gasteiger partial charge is 0.412 e. The molecule has 0 bridgehead atoms. The monoisotopic (exact) mass is 507 g/mol. The number of methoxy groups -OCH3 is 1. The number of hydrogen-bond donors (Lipinski definition) is 2. The average molecular weight is 508 g/mol. The van der Waals surface area contributed by atoms with Gasteiger partial charge in [-0.15, -0.1) is 0 Å². The van der Waals surface area contributed by atoms with E-state index < -0.39 is 6.09 Å². The lowest BCUT2D eigenvalue weighted by molar-refractivity contribution is -0.116. The van der Waals surface area contributed by atoms with Gasteiger partial charge in [-0.3, -0.25) is 4.79 Å². The molecule has 192 valence electrons. The highest BCUT2D eigenvalue weighted by Gasteiger charge is 2.25. The van der Waals surface area contributed by atoms with Crippen molar-refractivity contribution in [3.05, 3.63) is 66.5 Å². The lowest BCUT2D eigenvalue weighted by atomic mass is 10.1. The summed E-state index contributed by atoms with van der Waals surface area (Å²) in [5.74, 6) is 1.28. The van der Waals surface area contributed by atoms with Crippen molar-refractivity contribution in [3.63, 3.8) is 0 Å². The number of rotatable bonds is 8. The van der Waals surface area contributed by atoms with Crippen LogP contribution in [0, 0.1) is 5.82 Å². The molecule has 37 heavy (non-hydrogen) atoms. The van der Waals surface area contributed by atoms with Gasteiger partial charge in [0.2, 0.25) is 5.91 Å². The molecule has 0 saturated heterocycles. The van der Waals surface area contributed by atoms with E-state index in [1.165, 1.54) is 50.2 Å². The molecule has 0 aliphatic carbocycles. The Kier molecular flexibility index (Phi) is 7.59. The number of nitrogens with two attached hydrogens (primary N) is 1. The van der Waals surface area contributed by atoms with Crippen molar-refractivity contribution in [2.45, 2.75) is 6.92 Å². The second-order valence-electron chi connectivity index (χ2n) is 7.96. The number of ether oxygens (including phenoxy) is 3. The molecule has 0 fully saturated rings. The summed E-state index contributed by atoms with van der Waals surface area (Å²) < 4.78 is 36.2. The SMILES string of the molecule is CNC(=O)Oc1c(-c2ccc(Oc3ccc(F)cc3)cc2)oc2cc(N(CCN)C(C)=O)c(OC)cc12. The number of anilines is 1. The number of furan rings is 1. The number of benzene rings is 3. The van der Waals surface area contributed by atoms with E-state index in [1.807, 2.05) is 0 Å². The number of nitrogens with one attached hydrogen (secondary N) is 1. The molecular weight excluding hydrogens is 481 g/mol. The van der Waals surface area contributed by atoms with E-state index in [2.05, 4.69) is 5.32 Å². The molecule has 3 aromatic carbocycles. The van der Waals surface area contributed by atoms with E-state index in [0.29, 0.717) is 45.2 Å². The third-order valence-electron chi connectivity index (χ3n) is 5.53. The van der Waals surface area contributed by atoms with Crippen molar-refractivity contribution < 1.29 is 32.6 Å².